The Morgan fingerprint density at radius 1 is 0.950 bits per heavy atom. The fourth-order valence-corrected chi connectivity index (χ4v) is 3.40. The summed E-state index contributed by atoms with van der Waals surface area (Å²) in [4.78, 5) is 25.2. The third-order valence-electron chi connectivity index (χ3n) is 4.92. The highest BCUT2D eigenvalue weighted by Crippen LogP contribution is 2.45. The number of likely N-dealkylation sites (tertiary alicyclic amines) is 1. The van der Waals surface area contributed by atoms with Crippen molar-refractivity contribution in [3.63, 3.8) is 0 Å². The van der Waals surface area contributed by atoms with E-state index in [1.807, 2.05) is 13.8 Å². The SMILES string of the molecule is CCCCC1(C(=O)O)CCC(CCCC)(C(=O)O)N1C. The minimum absolute atomic E-state index is 0.425. The largest absolute Gasteiger partial charge is 0.480 e. The van der Waals surface area contributed by atoms with Crippen molar-refractivity contribution in [2.45, 2.75) is 76.3 Å². The van der Waals surface area contributed by atoms with Crippen LogP contribution in [0.1, 0.15) is 65.2 Å². The molecular formula is C15H27NO4. The molecule has 2 unspecified atom stereocenters. The molecule has 0 aromatic carbocycles. The van der Waals surface area contributed by atoms with Crippen LogP contribution in [0.15, 0.2) is 0 Å². The predicted octanol–water partition coefficient (Wildman–Crippen LogP) is 2.74. The molecule has 0 aliphatic carbocycles. The Labute approximate surface area is 121 Å². The number of nitrogens with zero attached hydrogens (tertiary/aromatic N) is 1. The van der Waals surface area contributed by atoms with Crippen LogP contribution in [0.5, 0.6) is 0 Å². The minimum Gasteiger partial charge on any atom is -0.480 e. The van der Waals surface area contributed by atoms with Crippen LogP contribution in [0.3, 0.4) is 0 Å². The average Bonchev–Trinajstić information content (AvgIpc) is 2.69. The fraction of sp³-hybridized carbons (Fsp3) is 0.867. The molecule has 0 amide bonds. The highest BCUT2D eigenvalue weighted by atomic mass is 16.4. The van der Waals surface area contributed by atoms with Crippen LogP contribution < -0.4 is 0 Å². The van der Waals surface area contributed by atoms with Crippen LogP contribution >= 0.6 is 0 Å². The molecule has 1 aliphatic heterocycles. The molecular weight excluding hydrogens is 258 g/mol. The molecule has 2 N–H and O–H groups in total. The van der Waals surface area contributed by atoms with Crippen molar-refractivity contribution in [1.82, 2.24) is 4.90 Å². The summed E-state index contributed by atoms with van der Waals surface area (Å²) in [5.74, 6) is -1.76. The molecule has 5 heteroatoms. The second-order valence-corrected chi connectivity index (χ2v) is 5.94. The van der Waals surface area contributed by atoms with Gasteiger partial charge in [0.2, 0.25) is 0 Å². The van der Waals surface area contributed by atoms with Gasteiger partial charge in [0, 0.05) is 0 Å². The molecule has 1 heterocycles. The molecule has 0 aromatic rings. The second-order valence-electron chi connectivity index (χ2n) is 5.94. The molecule has 0 aromatic heterocycles. The zero-order valence-corrected chi connectivity index (χ0v) is 12.8. The number of carboxylic acid groups (broad SMARTS) is 2. The normalized spacial score (nSPS) is 30.6. The summed E-state index contributed by atoms with van der Waals surface area (Å²) >= 11 is 0. The smallest absolute Gasteiger partial charge is 0.324 e. The standard InChI is InChI=1S/C15H27NO4/c1-4-6-8-14(12(17)18)10-11-15(13(19)20,16(14)3)9-7-5-2/h4-11H2,1-3H3,(H,17,18)(H,19,20). The van der Waals surface area contributed by atoms with Crippen LogP contribution in [0.25, 0.3) is 0 Å². The highest BCUT2D eigenvalue weighted by Gasteiger charge is 2.59. The van der Waals surface area contributed by atoms with Gasteiger partial charge in [-0.3, -0.25) is 14.5 Å². The van der Waals surface area contributed by atoms with Gasteiger partial charge in [-0.05, 0) is 32.7 Å². The van der Waals surface area contributed by atoms with E-state index in [-0.39, 0.29) is 0 Å². The summed E-state index contributed by atoms with van der Waals surface area (Å²) in [5.41, 5.74) is -2.02. The molecule has 0 bridgehead atoms. The lowest BCUT2D eigenvalue weighted by atomic mass is 9.90. The first-order chi connectivity index (χ1) is 9.37. The van der Waals surface area contributed by atoms with Crippen molar-refractivity contribution >= 4 is 11.9 Å². The van der Waals surface area contributed by atoms with E-state index in [0.717, 1.165) is 25.7 Å². The molecule has 1 aliphatic rings. The summed E-state index contributed by atoms with van der Waals surface area (Å²) in [7, 11) is 1.68. The third-order valence-corrected chi connectivity index (χ3v) is 4.92. The van der Waals surface area contributed by atoms with Gasteiger partial charge < -0.3 is 10.2 Å². The number of aliphatic carboxylic acids is 2. The summed E-state index contributed by atoms with van der Waals surface area (Å²) < 4.78 is 0. The number of unbranched alkanes of at least 4 members (excludes halogenated alkanes) is 2. The van der Waals surface area contributed by atoms with Crippen molar-refractivity contribution in [2.24, 2.45) is 0 Å². The molecule has 0 radical (unpaired) electrons. The third kappa shape index (κ3) is 2.68. The van der Waals surface area contributed by atoms with E-state index < -0.39 is 23.0 Å². The van der Waals surface area contributed by atoms with Gasteiger partial charge >= 0.3 is 11.9 Å². The van der Waals surface area contributed by atoms with Gasteiger partial charge in [-0.1, -0.05) is 39.5 Å². The van der Waals surface area contributed by atoms with Gasteiger partial charge in [0.15, 0.2) is 0 Å². The zero-order chi connectivity index (χ0) is 15.4. The van der Waals surface area contributed by atoms with E-state index in [2.05, 4.69) is 0 Å². The van der Waals surface area contributed by atoms with E-state index in [1.54, 1.807) is 11.9 Å². The maximum atomic E-state index is 11.8. The van der Waals surface area contributed by atoms with E-state index in [1.165, 1.54) is 0 Å². The molecule has 0 spiro atoms. The molecule has 2 atom stereocenters. The quantitative estimate of drug-likeness (QED) is 0.717. The van der Waals surface area contributed by atoms with Gasteiger partial charge in [0.05, 0.1) is 0 Å². The summed E-state index contributed by atoms with van der Waals surface area (Å²) in [5, 5.41) is 19.3. The Hall–Kier alpha value is -1.10. The van der Waals surface area contributed by atoms with Crippen LogP contribution in [0.2, 0.25) is 0 Å². The van der Waals surface area contributed by atoms with E-state index in [0.29, 0.717) is 25.7 Å². The highest BCUT2D eigenvalue weighted by molar-refractivity contribution is 5.85. The predicted molar refractivity (Wildman–Crippen MR) is 76.8 cm³/mol. The van der Waals surface area contributed by atoms with Crippen molar-refractivity contribution < 1.29 is 19.8 Å². The number of hydrogen-bond donors (Lipinski definition) is 2. The van der Waals surface area contributed by atoms with Gasteiger partial charge in [-0.15, -0.1) is 0 Å². The second kappa shape index (κ2) is 6.57. The summed E-state index contributed by atoms with van der Waals surface area (Å²) in [6, 6.07) is 0. The van der Waals surface area contributed by atoms with Crippen molar-refractivity contribution in [1.29, 1.82) is 0 Å². The molecule has 1 rings (SSSR count). The molecule has 1 saturated heterocycles. The minimum atomic E-state index is -1.01. The maximum Gasteiger partial charge on any atom is 0.324 e. The van der Waals surface area contributed by atoms with Crippen LogP contribution in [0, 0.1) is 0 Å². The Morgan fingerprint density at radius 3 is 1.55 bits per heavy atom. The lowest BCUT2D eigenvalue weighted by molar-refractivity contribution is -0.159. The van der Waals surface area contributed by atoms with Gasteiger partial charge in [-0.25, -0.2) is 0 Å². The number of likely N-dealkylation sites (N-methyl/N-ethyl adjacent to an activating group) is 1. The Morgan fingerprint density at radius 2 is 1.30 bits per heavy atom. The lowest BCUT2D eigenvalue weighted by Gasteiger charge is -2.40. The zero-order valence-electron chi connectivity index (χ0n) is 12.8. The van der Waals surface area contributed by atoms with Gasteiger partial charge in [0.1, 0.15) is 11.1 Å². The van der Waals surface area contributed by atoms with Crippen molar-refractivity contribution in [3.8, 4) is 0 Å². The van der Waals surface area contributed by atoms with E-state index >= 15 is 0 Å². The monoisotopic (exact) mass is 285 g/mol. The molecule has 5 nitrogen and oxygen atoms in total. The number of carboxylic acids is 2. The Kier molecular flexibility index (Phi) is 5.57. The van der Waals surface area contributed by atoms with Crippen molar-refractivity contribution in [3.05, 3.63) is 0 Å². The first-order valence-corrected chi connectivity index (χ1v) is 7.58. The van der Waals surface area contributed by atoms with E-state index in [4.69, 9.17) is 0 Å². The van der Waals surface area contributed by atoms with Gasteiger partial charge in [-0.2, -0.15) is 0 Å². The topological polar surface area (TPSA) is 77.8 Å². The first-order valence-electron chi connectivity index (χ1n) is 7.58. The molecule has 20 heavy (non-hydrogen) atoms. The maximum absolute atomic E-state index is 11.8. The van der Waals surface area contributed by atoms with Crippen LogP contribution in [-0.2, 0) is 9.59 Å². The first kappa shape index (κ1) is 17.0. The Bertz CT molecular complexity index is 337. The van der Waals surface area contributed by atoms with Gasteiger partial charge in [0.25, 0.3) is 0 Å². The number of rotatable bonds is 8. The summed E-state index contributed by atoms with van der Waals surface area (Å²) in [6.45, 7) is 4.04. The molecule has 116 valence electrons. The average molecular weight is 285 g/mol. The van der Waals surface area contributed by atoms with Crippen LogP contribution in [-0.4, -0.2) is 45.2 Å². The number of hydrogen-bond acceptors (Lipinski definition) is 3. The summed E-state index contributed by atoms with van der Waals surface area (Å²) in [6.07, 6.45) is 5.34. The Balaban J connectivity index is 3.08. The van der Waals surface area contributed by atoms with Crippen LogP contribution in [0.4, 0.5) is 0 Å². The number of carbonyl (C=O) groups is 2. The lowest BCUT2D eigenvalue weighted by Crippen LogP contribution is -2.59. The molecule has 1 fully saturated rings. The fourth-order valence-electron chi connectivity index (χ4n) is 3.40. The van der Waals surface area contributed by atoms with E-state index in [9.17, 15) is 19.8 Å². The molecule has 0 saturated carbocycles. The van der Waals surface area contributed by atoms with Crippen molar-refractivity contribution in [2.75, 3.05) is 7.05 Å².